The van der Waals surface area contributed by atoms with Crippen LogP contribution in [0.3, 0.4) is 0 Å². The Morgan fingerprint density at radius 3 is 2.61 bits per heavy atom. The number of hydrogen-bond donors (Lipinski definition) is 3. The molecule has 1 amide bonds. The zero-order chi connectivity index (χ0) is 17.6. The summed E-state index contributed by atoms with van der Waals surface area (Å²) >= 11 is 5.82. The van der Waals surface area contributed by atoms with Gasteiger partial charge in [-0.3, -0.25) is 4.79 Å². The van der Waals surface area contributed by atoms with Gasteiger partial charge in [-0.15, -0.1) is 0 Å². The van der Waals surface area contributed by atoms with Gasteiger partial charge < -0.3 is 20.3 Å². The van der Waals surface area contributed by atoms with E-state index in [1.807, 2.05) is 0 Å². The van der Waals surface area contributed by atoms with Gasteiger partial charge in [-0.2, -0.15) is 0 Å². The first-order chi connectivity index (χ1) is 10.6. The van der Waals surface area contributed by atoms with Gasteiger partial charge in [-0.25, -0.2) is 4.79 Å². The molecule has 6 nitrogen and oxygen atoms in total. The molecule has 0 aliphatic rings. The minimum absolute atomic E-state index is 0.124. The molecule has 0 fully saturated rings. The molecule has 0 saturated carbocycles. The van der Waals surface area contributed by atoms with Crippen LogP contribution in [0, 0.1) is 0 Å². The number of ether oxygens (including phenoxy) is 1. The summed E-state index contributed by atoms with van der Waals surface area (Å²) in [6, 6.07) is 4.44. The van der Waals surface area contributed by atoms with E-state index in [9.17, 15) is 19.8 Å². The van der Waals surface area contributed by atoms with Crippen LogP contribution in [0.2, 0.25) is 5.02 Å². The van der Waals surface area contributed by atoms with E-state index in [2.05, 4.69) is 5.32 Å². The van der Waals surface area contributed by atoms with E-state index in [-0.39, 0.29) is 23.6 Å². The second-order valence-electron chi connectivity index (χ2n) is 6.13. The van der Waals surface area contributed by atoms with E-state index in [1.165, 1.54) is 18.2 Å². The SMILES string of the molecule is CC(C)(C)OC(=O)NCCC(O)C(O)c1ccc(Cl)c(C=O)c1. The van der Waals surface area contributed by atoms with E-state index in [0.717, 1.165) is 0 Å². The summed E-state index contributed by atoms with van der Waals surface area (Å²) < 4.78 is 5.06. The van der Waals surface area contributed by atoms with E-state index in [0.29, 0.717) is 11.8 Å². The first-order valence-electron chi connectivity index (χ1n) is 7.21. The number of aliphatic hydroxyl groups is 2. The van der Waals surface area contributed by atoms with Crippen molar-refractivity contribution >= 4 is 24.0 Å². The number of alkyl carbamates (subject to hydrolysis) is 1. The molecular formula is C16H22ClNO5. The highest BCUT2D eigenvalue weighted by Gasteiger charge is 2.20. The first-order valence-corrected chi connectivity index (χ1v) is 7.59. The Morgan fingerprint density at radius 1 is 1.39 bits per heavy atom. The van der Waals surface area contributed by atoms with Crippen LogP contribution in [0.4, 0.5) is 4.79 Å². The van der Waals surface area contributed by atoms with Gasteiger partial charge in [0, 0.05) is 12.1 Å². The highest BCUT2D eigenvalue weighted by Crippen LogP contribution is 2.23. The van der Waals surface area contributed by atoms with Gasteiger partial charge in [-0.1, -0.05) is 17.7 Å². The fourth-order valence-electron chi connectivity index (χ4n) is 1.85. The Morgan fingerprint density at radius 2 is 2.04 bits per heavy atom. The van der Waals surface area contributed by atoms with Crippen molar-refractivity contribution in [2.24, 2.45) is 0 Å². The summed E-state index contributed by atoms with van der Waals surface area (Å²) in [5.41, 5.74) is 0.0140. The topological polar surface area (TPSA) is 95.9 Å². The maximum Gasteiger partial charge on any atom is 0.407 e. The van der Waals surface area contributed by atoms with Crippen LogP contribution in [0.5, 0.6) is 0 Å². The lowest BCUT2D eigenvalue weighted by Gasteiger charge is -2.21. The molecule has 7 heteroatoms. The number of nitrogens with one attached hydrogen (secondary N) is 1. The Balaban J connectivity index is 2.53. The first kappa shape index (κ1) is 19.4. The van der Waals surface area contributed by atoms with Crippen molar-refractivity contribution < 1.29 is 24.5 Å². The van der Waals surface area contributed by atoms with Crippen molar-refractivity contribution in [2.45, 2.75) is 45.0 Å². The number of carbonyl (C=O) groups is 2. The lowest BCUT2D eigenvalue weighted by molar-refractivity contribution is 0.0123. The number of rotatable bonds is 6. The molecule has 0 aliphatic carbocycles. The van der Waals surface area contributed by atoms with Crippen molar-refractivity contribution in [3.63, 3.8) is 0 Å². The molecule has 1 aromatic carbocycles. The molecule has 23 heavy (non-hydrogen) atoms. The number of aliphatic hydroxyl groups excluding tert-OH is 2. The monoisotopic (exact) mass is 343 g/mol. The van der Waals surface area contributed by atoms with Crippen molar-refractivity contribution in [2.75, 3.05) is 6.54 Å². The van der Waals surface area contributed by atoms with Crippen LogP contribution >= 0.6 is 11.6 Å². The number of halogens is 1. The van der Waals surface area contributed by atoms with Gasteiger partial charge in [0.25, 0.3) is 0 Å². The number of aldehydes is 1. The zero-order valence-electron chi connectivity index (χ0n) is 13.4. The molecule has 3 N–H and O–H groups in total. The highest BCUT2D eigenvalue weighted by molar-refractivity contribution is 6.32. The smallest absolute Gasteiger partial charge is 0.407 e. The lowest BCUT2D eigenvalue weighted by atomic mass is 10.0. The molecule has 0 spiro atoms. The predicted octanol–water partition coefficient (Wildman–Crippen LogP) is 2.46. The van der Waals surface area contributed by atoms with Crippen LogP contribution in [-0.4, -0.2) is 40.8 Å². The fourth-order valence-corrected chi connectivity index (χ4v) is 2.01. The van der Waals surface area contributed by atoms with Crippen LogP contribution in [0.1, 0.15) is 49.2 Å². The molecule has 1 aromatic rings. The highest BCUT2D eigenvalue weighted by atomic mass is 35.5. The third-order valence-electron chi connectivity index (χ3n) is 2.96. The normalized spacial score (nSPS) is 14.0. The summed E-state index contributed by atoms with van der Waals surface area (Å²) in [4.78, 5) is 22.3. The molecule has 2 unspecified atom stereocenters. The maximum atomic E-state index is 11.5. The molecule has 0 heterocycles. The van der Waals surface area contributed by atoms with Gasteiger partial charge in [0.05, 0.1) is 11.1 Å². The number of carbonyl (C=O) groups excluding carboxylic acids is 2. The van der Waals surface area contributed by atoms with Crippen molar-refractivity contribution in [3.05, 3.63) is 34.3 Å². The zero-order valence-corrected chi connectivity index (χ0v) is 14.1. The molecule has 0 aliphatic heterocycles. The minimum atomic E-state index is -1.19. The molecule has 128 valence electrons. The Bertz CT molecular complexity index is 556. The summed E-state index contributed by atoms with van der Waals surface area (Å²) in [7, 11) is 0. The van der Waals surface area contributed by atoms with Crippen LogP contribution < -0.4 is 5.32 Å². The second kappa shape index (κ2) is 8.29. The standard InChI is InChI=1S/C16H22ClNO5/c1-16(2,3)23-15(22)18-7-6-13(20)14(21)10-4-5-12(17)11(8-10)9-19/h4-5,8-9,13-14,20-21H,6-7H2,1-3H3,(H,18,22). The summed E-state index contributed by atoms with van der Waals surface area (Å²) in [6.45, 7) is 5.38. The molecule has 0 aromatic heterocycles. The van der Waals surface area contributed by atoms with E-state index in [1.54, 1.807) is 20.8 Å². The molecule has 2 atom stereocenters. The van der Waals surface area contributed by atoms with Gasteiger partial charge in [-0.05, 0) is 44.9 Å². The second-order valence-corrected chi connectivity index (χ2v) is 6.54. The van der Waals surface area contributed by atoms with E-state index in [4.69, 9.17) is 16.3 Å². The third-order valence-corrected chi connectivity index (χ3v) is 3.31. The molecule has 0 radical (unpaired) electrons. The molecule has 0 saturated heterocycles. The Hall–Kier alpha value is -1.63. The average Bonchev–Trinajstić information content (AvgIpc) is 2.45. The summed E-state index contributed by atoms with van der Waals surface area (Å²) in [5, 5.41) is 22.9. The van der Waals surface area contributed by atoms with Gasteiger partial charge >= 0.3 is 6.09 Å². The van der Waals surface area contributed by atoms with Gasteiger partial charge in [0.2, 0.25) is 0 Å². The molecule has 0 bridgehead atoms. The van der Waals surface area contributed by atoms with Crippen molar-refractivity contribution in [1.29, 1.82) is 0 Å². The molecule has 1 rings (SSSR count). The predicted molar refractivity (Wildman–Crippen MR) is 86.7 cm³/mol. The van der Waals surface area contributed by atoms with E-state index < -0.39 is 23.9 Å². The number of hydrogen-bond acceptors (Lipinski definition) is 5. The third kappa shape index (κ3) is 6.56. The lowest BCUT2D eigenvalue weighted by Crippen LogP contribution is -2.34. The van der Waals surface area contributed by atoms with Crippen LogP contribution in [0.15, 0.2) is 18.2 Å². The summed E-state index contributed by atoms with van der Waals surface area (Å²) in [5.74, 6) is 0. The number of benzene rings is 1. The quantitative estimate of drug-likeness (QED) is 0.689. The number of amides is 1. The van der Waals surface area contributed by atoms with Crippen LogP contribution in [0.25, 0.3) is 0 Å². The van der Waals surface area contributed by atoms with E-state index >= 15 is 0 Å². The minimum Gasteiger partial charge on any atom is -0.444 e. The maximum absolute atomic E-state index is 11.5. The average molecular weight is 344 g/mol. The molecular weight excluding hydrogens is 322 g/mol. The largest absolute Gasteiger partial charge is 0.444 e. The Labute approximate surface area is 140 Å². The Kier molecular flexibility index (Phi) is 7.00. The van der Waals surface area contributed by atoms with Gasteiger partial charge in [0.1, 0.15) is 11.7 Å². The van der Waals surface area contributed by atoms with Crippen molar-refractivity contribution in [3.8, 4) is 0 Å². The summed E-state index contributed by atoms with van der Waals surface area (Å²) in [6.07, 6.45) is -2.18. The van der Waals surface area contributed by atoms with Crippen LogP contribution in [-0.2, 0) is 4.74 Å². The van der Waals surface area contributed by atoms with Crippen molar-refractivity contribution in [1.82, 2.24) is 5.32 Å². The fraction of sp³-hybridized carbons (Fsp3) is 0.500. The van der Waals surface area contributed by atoms with Gasteiger partial charge in [0.15, 0.2) is 6.29 Å².